The first-order valence-electron chi connectivity index (χ1n) is 8.27. The molecule has 0 radical (unpaired) electrons. The average Bonchev–Trinajstić information content (AvgIpc) is 2.87. The highest BCUT2D eigenvalue weighted by Gasteiger charge is 2.38. The van der Waals surface area contributed by atoms with Crippen molar-refractivity contribution in [3.8, 4) is 0 Å². The molecule has 1 atom stereocenters. The molecule has 0 saturated carbocycles. The van der Waals surface area contributed by atoms with Crippen LogP contribution in [-0.4, -0.2) is 80.4 Å². The van der Waals surface area contributed by atoms with Crippen LogP contribution in [0.4, 0.5) is 0 Å². The summed E-state index contributed by atoms with van der Waals surface area (Å²) in [5.41, 5.74) is -0.355. The Bertz CT molecular complexity index is 459. The molecular weight excluding hydrogens is 302 g/mol. The minimum absolute atomic E-state index is 0.175. The fourth-order valence-corrected chi connectivity index (χ4v) is 5.43. The lowest BCUT2D eigenvalue weighted by Gasteiger charge is -2.41. The number of ether oxygens (including phenoxy) is 1. The van der Waals surface area contributed by atoms with Crippen molar-refractivity contribution < 1.29 is 13.2 Å². The number of rotatable bonds is 6. The molecule has 0 spiro atoms. The Morgan fingerprint density at radius 1 is 1.23 bits per heavy atom. The van der Waals surface area contributed by atoms with Crippen molar-refractivity contribution >= 4 is 10.0 Å². The van der Waals surface area contributed by atoms with E-state index in [0.717, 1.165) is 19.5 Å². The van der Waals surface area contributed by atoms with Crippen LogP contribution in [-0.2, 0) is 14.8 Å². The summed E-state index contributed by atoms with van der Waals surface area (Å²) in [6.45, 7) is 12.5. The van der Waals surface area contributed by atoms with Gasteiger partial charge in [-0.05, 0) is 20.3 Å². The normalized spacial score (nSPS) is 26.0. The number of hydrogen-bond donors (Lipinski definition) is 1. The predicted octanol–water partition coefficient (Wildman–Crippen LogP) is 0.499. The predicted molar refractivity (Wildman–Crippen MR) is 88.5 cm³/mol. The molecule has 22 heavy (non-hydrogen) atoms. The first-order valence-corrected chi connectivity index (χ1v) is 9.88. The van der Waals surface area contributed by atoms with Crippen LogP contribution in [0.1, 0.15) is 34.1 Å². The molecule has 1 unspecified atom stereocenters. The van der Waals surface area contributed by atoms with Crippen molar-refractivity contribution in [2.75, 3.05) is 45.1 Å². The number of sulfonamides is 1. The van der Waals surface area contributed by atoms with E-state index in [1.807, 2.05) is 13.8 Å². The zero-order valence-corrected chi connectivity index (χ0v) is 15.2. The van der Waals surface area contributed by atoms with Gasteiger partial charge in [-0.15, -0.1) is 0 Å². The summed E-state index contributed by atoms with van der Waals surface area (Å²) in [5, 5.41) is 3.44. The maximum Gasteiger partial charge on any atom is 0.215 e. The molecule has 0 aromatic rings. The summed E-state index contributed by atoms with van der Waals surface area (Å²) in [6, 6.07) is 0.665. The van der Waals surface area contributed by atoms with Crippen molar-refractivity contribution in [3.63, 3.8) is 0 Å². The van der Waals surface area contributed by atoms with Crippen LogP contribution in [0.5, 0.6) is 0 Å². The quantitative estimate of drug-likeness (QED) is 0.767. The Morgan fingerprint density at radius 2 is 1.86 bits per heavy atom. The number of nitrogens with one attached hydrogen (secondary N) is 1. The van der Waals surface area contributed by atoms with E-state index in [0.29, 0.717) is 32.3 Å². The minimum Gasteiger partial charge on any atom is -0.379 e. The smallest absolute Gasteiger partial charge is 0.215 e. The fraction of sp³-hybridized carbons (Fsp3) is 1.00. The Hall–Kier alpha value is -0.210. The van der Waals surface area contributed by atoms with Gasteiger partial charge in [-0.3, -0.25) is 4.90 Å². The molecule has 2 fully saturated rings. The van der Waals surface area contributed by atoms with E-state index in [4.69, 9.17) is 4.74 Å². The first kappa shape index (κ1) is 18.1. The highest BCUT2D eigenvalue weighted by molar-refractivity contribution is 7.89. The zero-order chi connectivity index (χ0) is 16.4. The van der Waals surface area contributed by atoms with Crippen LogP contribution in [0.2, 0.25) is 0 Å². The van der Waals surface area contributed by atoms with E-state index < -0.39 is 10.0 Å². The van der Waals surface area contributed by atoms with E-state index in [-0.39, 0.29) is 17.3 Å². The molecular formula is C15H31N3O3S. The molecule has 0 aromatic carbocycles. The minimum atomic E-state index is -3.22. The fourth-order valence-electron chi connectivity index (χ4n) is 3.39. The maximum absolute atomic E-state index is 12.8. The van der Waals surface area contributed by atoms with E-state index in [9.17, 15) is 8.42 Å². The van der Waals surface area contributed by atoms with Crippen molar-refractivity contribution in [2.45, 2.75) is 51.7 Å². The van der Waals surface area contributed by atoms with Crippen LogP contribution in [0.15, 0.2) is 0 Å². The highest BCUT2D eigenvalue weighted by Crippen LogP contribution is 2.23. The first-order chi connectivity index (χ1) is 10.2. The standard InChI is InChI=1S/C15H31N3O3S/c1-13(2)16-14-5-6-18(11-14)22(19,20)12-15(3,4)17-7-9-21-10-8-17/h13-14,16H,5-12H2,1-4H3. The molecule has 2 heterocycles. The molecule has 2 aliphatic heterocycles. The van der Waals surface area contributed by atoms with Gasteiger partial charge in [0, 0.05) is 43.8 Å². The third kappa shape index (κ3) is 4.64. The number of morpholine rings is 1. The van der Waals surface area contributed by atoms with Gasteiger partial charge in [-0.25, -0.2) is 12.7 Å². The highest BCUT2D eigenvalue weighted by atomic mass is 32.2. The molecule has 6 nitrogen and oxygen atoms in total. The summed E-state index contributed by atoms with van der Waals surface area (Å²) in [6.07, 6.45) is 0.898. The van der Waals surface area contributed by atoms with Gasteiger partial charge in [0.15, 0.2) is 0 Å². The van der Waals surface area contributed by atoms with Crippen LogP contribution in [0.25, 0.3) is 0 Å². The van der Waals surface area contributed by atoms with Gasteiger partial charge in [-0.1, -0.05) is 13.8 Å². The third-order valence-electron chi connectivity index (χ3n) is 4.52. The van der Waals surface area contributed by atoms with Crippen molar-refractivity contribution in [1.82, 2.24) is 14.5 Å². The van der Waals surface area contributed by atoms with Gasteiger partial charge in [0.1, 0.15) is 0 Å². The molecule has 7 heteroatoms. The second-order valence-corrected chi connectivity index (χ2v) is 9.30. The van der Waals surface area contributed by atoms with Gasteiger partial charge < -0.3 is 10.1 Å². The molecule has 1 N–H and O–H groups in total. The van der Waals surface area contributed by atoms with E-state index >= 15 is 0 Å². The third-order valence-corrected chi connectivity index (χ3v) is 6.71. The monoisotopic (exact) mass is 333 g/mol. The van der Waals surface area contributed by atoms with Crippen LogP contribution in [0.3, 0.4) is 0 Å². The Kier molecular flexibility index (Phi) is 5.88. The van der Waals surface area contributed by atoms with Crippen LogP contribution in [0, 0.1) is 0 Å². The van der Waals surface area contributed by atoms with Gasteiger partial charge in [-0.2, -0.15) is 0 Å². The molecule has 0 aliphatic carbocycles. The summed E-state index contributed by atoms with van der Waals surface area (Å²) in [4.78, 5) is 2.23. The average molecular weight is 333 g/mol. The van der Waals surface area contributed by atoms with E-state index in [1.54, 1.807) is 4.31 Å². The van der Waals surface area contributed by atoms with Gasteiger partial charge in [0.05, 0.1) is 19.0 Å². The number of hydrogen-bond acceptors (Lipinski definition) is 5. The largest absolute Gasteiger partial charge is 0.379 e. The van der Waals surface area contributed by atoms with E-state index in [2.05, 4.69) is 24.1 Å². The summed E-state index contributed by atoms with van der Waals surface area (Å²) < 4.78 is 32.6. The lowest BCUT2D eigenvalue weighted by molar-refractivity contribution is -0.00311. The summed E-state index contributed by atoms with van der Waals surface area (Å²) in [5.74, 6) is 0.175. The zero-order valence-electron chi connectivity index (χ0n) is 14.3. The summed E-state index contributed by atoms with van der Waals surface area (Å²) >= 11 is 0. The molecule has 0 amide bonds. The Labute approximate surface area is 135 Å². The number of nitrogens with zero attached hydrogens (tertiary/aromatic N) is 2. The second kappa shape index (κ2) is 7.13. The Morgan fingerprint density at radius 3 is 2.45 bits per heavy atom. The van der Waals surface area contributed by atoms with Gasteiger partial charge >= 0.3 is 0 Å². The lowest BCUT2D eigenvalue weighted by atomic mass is 10.1. The summed E-state index contributed by atoms with van der Waals surface area (Å²) in [7, 11) is -3.22. The van der Waals surface area contributed by atoms with Crippen molar-refractivity contribution in [1.29, 1.82) is 0 Å². The Balaban J connectivity index is 1.95. The molecule has 0 aromatic heterocycles. The van der Waals surface area contributed by atoms with Crippen LogP contribution < -0.4 is 5.32 Å². The second-order valence-electron chi connectivity index (χ2n) is 7.33. The molecule has 2 rings (SSSR count). The van der Waals surface area contributed by atoms with Gasteiger partial charge in [0.25, 0.3) is 0 Å². The van der Waals surface area contributed by atoms with Crippen molar-refractivity contribution in [2.24, 2.45) is 0 Å². The molecule has 130 valence electrons. The lowest BCUT2D eigenvalue weighted by Crippen LogP contribution is -2.55. The van der Waals surface area contributed by atoms with Crippen LogP contribution >= 0.6 is 0 Å². The van der Waals surface area contributed by atoms with Gasteiger partial charge in [0.2, 0.25) is 10.0 Å². The van der Waals surface area contributed by atoms with E-state index in [1.165, 1.54) is 0 Å². The molecule has 2 aliphatic rings. The van der Waals surface area contributed by atoms with Crippen molar-refractivity contribution in [3.05, 3.63) is 0 Å². The molecule has 0 bridgehead atoms. The topological polar surface area (TPSA) is 61.9 Å². The maximum atomic E-state index is 12.8. The SMILES string of the molecule is CC(C)NC1CCN(S(=O)(=O)CC(C)(C)N2CCOCC2)C1. The molecule has 2 saturated heterocycles.